The van der Waals surface area contributed by atoms with Crippen LogP contribution >= 0.6 is 0 Å². The molecule has 2 unspecified atom stereocenters. The van der Waals surface area contributed by atoms with Gasteiger partial charge in [-0.1, -0.05) is 42.6 Å². The molecule has 4 rings (SSSR count). The molecule has 2 aromatic carbocycles. The van der Waals surface area contributed by atoms with Gasteiger partial charge in [0.05, 0.1) is 18.3 Å². The number of carbonyl (C=O) groups is 1. The normalized spacial score (nSPS) is 17.0. The van der Waals surface area contributed by atoms with E-state index in [4.69, 9.17) is 4.52 Å². The minimum atomic E-state index is -0.971. The summed E-state index contributed by atoms with van der Waals surface area (Å²) in [6.45, 7) is 1.56. The smallest absolute Gasteiger partial charge is 0.217 e. The van der Waals surface area contributed by atoms with Gasteiger partial charge in [-0.05, 0) is 48.6 Å². The highest BCUT2D eigenvalue weighted by molar-refractivity contribution is 5.73. The van der Waals surface area contributed by atoms with Crippen LogP contribution in [0.1, 0.15) is 50.2 Å². The molecule has 186 valence electrons. The molecule has 35 heavy (non-hydrogen) atoms. The summed E-state index contributed by atoms with van der Waals surface area (Å²) in [5.41, 5.74) is 2.05. The van der Waals surface area contributed by atoms with Crippen molar-refractivity contribution >= 4 is 5.91 Å². The Bertz CT molecular complexity index is 1110. The molecular formula is C27H31F2N3O3. The van der Waals surface area contributed by atoms with Crippen LogP contribution in [0.25, 0.3) is 11.3 Å². The van der Waals surface area contributed by atoms with Gasteiger partial charge in [-0.25, -0.2) is 8.78 Å². The second kappa shape index (κ2) is 11.1. The van der Waals surface area contributed by atoms with Crippen molar-refractivity contribution in [3.8, 4) is 11.3 Å². The fraction of sp³-hybridized carbons (Fsp3) is 0.407. The highest BCUT2D eigenvalue weighted by Crippen LogP contribution is 2.38. The van der Waals surface area contributed by atoms with Crippen molar-refractivity contribution in [3.63, 3.8) is 0 Å². The lowest BCUT2D eigenvalue weighted by atomic mass is 9.76. The standard InChI is InChI=1S/C27H31F2N3O3/c1-18(33)32-24(14-19-12-22(28)16-23(29)13-19)25(34)17-30-27(9-3-2-4-10-27)21-7-5-6-20(15-21)26-8-11-31-35-26/h5-8,11-13,15-16,24-25,30,34H,2-4,9-10,14,17H2,1H3,(H,32,33). The third-order valence-corrected chi connectivity index (χ3v) is 6.73. The summed E-state index contributed by atoms with van der Waals surface area (Å²) in [5, 5.41) is 21.2. The number of aliphatic hydroxyl groups is 1. The van der Waals surface area contributed by atoms with Crippen LogP contribution in [0.15, 0.2) is 59.3 Å². The Morgan fingerprint density at radius 1 is 1.11 bits per heavy atom. The molecule has 0 radical (unpaired) electrons. The van der Waals surface area contributed by atoms with Gasteiger partial charge < -0.3 is 20.3 Å². The number of aliphatic hydroxyl groups excluding tert-OH is 1. The van der Waals surface area contributed by atoms with Gasteiger partial charge in [0.25, 0.3) is 0 Å². The van der Waals surface area contributed by atoms with Crippen LogP contribution in [0.2, 0.25) is 0 Å². The zero-order valence-electron chi connectivity index (χ0n) is 19.8. The van der Waals surface area contributed by atoms with Crippen molar-refractivity contribution in [2.45, 2.75) is 63.1 Å². The third kappa shape index (κ3) is 6.32. The molecule has 6 nitrogen and oxygen atoms in total. The maximum Gasteiger partial charge on any atom is 0.217 e. The van der Waals surface area contributed by atoms with Gasteiger partial charge in [0.2, 0.25) is 5.91 Å². The first-order valence-electron chi connectivity index (χ1n) is 12.0. The largest absolute Gasteiger partial charge is 0.390 e. The summed E-state index contributed by atoms with van der Waals surface area (Å²) in [5.74, 6) is -1.02. The van der Waals surface area contributed by atoms with Crippen LogP contribution in [-0.2, 0) is 16.8 Å². The highest BCUT2D eigenvalue weighted by Gasteiger charge is 2.35. The number of hydrogen-bond donors (Lipinski definition) is 3. The SMILES string of the molecule is CC(=O)NC(Cc1cc(F)cc(F)c1)C(O)CNC1(c2cccc(-c3ccno3)c2)CCCCC1. The molecule has 1 heterocycles. The minimum absolute atomic E-state index is 0.102. The molecule has 1 aromatic heterocycles. The number of rotatable bonds is 9. The number of nitrogens with one attached hydrogen (secondary N) is 2. The van der Waals surface area contributed by atoms with E-state index in [1.54, 1.807) is 6.20 Å². The number of benzene rings is 2. The topological polar surface area (TPSA) is 87.4 Å². The quantitative estimate of drug-likeness (QED) is 0.418. The van der Waals surface area contributed by atoms with E-state index in [0.29, 0.717) is 11.3 Å². The molecule has 0 aliphatic heterocycles. The van der Waals surface area contributed by atoms with Crippen molar-refractivity contribution in [2.24, 2.45) is 0 Å². The number of hydrogen-bond acceptors (Lipinski definition) is 5. The van der Waals surface area contributed by atoms with E-state index in [9.17, 15) is 18.7 Å². The summed E-state index contributed by atoms with van der Waals surface area (Å²) in [4.78, 5) is 11.8. The monoisotopic (exact) mass is 483 g/mol. The lowest BCUT2D eigenvalue weighted by Gasteiger charge is -2.40. The lowest BCUT2D eigenvalue weighted by molar-refractivity contribution is -0.120. The van der Waals surface area contributed by atoms with Crippen LogP contribution in [0.5, 0.6) is 0 Å². The van der Waals surface area contributed by atoms with Crippen LogP contribution in [0.4, 0.5) is 8.78 Å². The Labute approximate surface area is 203 Å². The highest BCUT2D eigenvalue weighted by atomic mass is 19.1. The molecule has 0 bridgehead atoms. The van der Waals surface area contributed by atoms with Gasteiger partial charge in [0, 0.05) is 36.7 Å². The van der Waals surface area contributed by atoms with Crippen molar-refractivity contribution in [1.82, 2.24) is 15.8 Å². The molecule has 0 saturated heterocycles. The minimum Gasteiger partial charge on any atom is -0.390 e. The van der Waals surface area contributed by atoms with Gasteiger partial charge in [-0.3, -0.25) is 4.79 Å². The number of amides is 1. The van der Waals surface area contributed by atoms with Crippen molar-refractivity contribution in [2.75, 3.05) is 6.54 Å². The molecule has 1 aliphatic rings. The fourth-order valence-corrected chi connectivity index (χ4v) is 5.03. The van der Waals surface area contributed by atoms with Crippen LogP contribution in [0, 0.1) is 11.6 Å². The fourth-order valence-electron chi connectivity index (χ4n) is 5.03. The van der Waals surface area contributed by atoms with Gasteiger partial charge in [0.15, 0.2) is 5.76 Å². The van der Waals surface area contributed by atoms with E-state index in [2.05, 4.69) is 27.9 Å². The Morgan fingerprint density at radius 3 is 2.51 bits per heavy atom. The summed E-state index contributed by atoms with van der Waals surface area (Å²) in [7, 11) is 0. The van der Waals surface area contributed by atoms with Crippen molar-refractivity contribution in [1.29, 1.82) is 0 Å². The lowest BCUT2D eigenvalue weighted by Crippen LogP contribution is -2.53. The second-order valence-electron chi connectivity index (χ2n) is 9.34. The van der Waals surface area contributed by atoms with Crippen LogP contribution in [-0.4, -0.2) is 34.9 Å². The molecule has 3 aromatic rings. The Kier molecular flexibility index (Phi) is 7.93. The summed E-state index contributed by atoms with van der Waals surface area (Å²) in [6.07, 6.45) is 5.79. The summed E-state index contributed by atoms with van der Waals surface area (Å²) in [6, 6.07) is 12.5. The third-order valence-electron chi connectivity index (χ3n) is 6.73. The van der Waals surface area contributed by atoms with Crippen molar-refractivity contribution < 1.29 is 23.2 Å². The molecule has 1 aliphatic carbocycles. The molecule has 8 heteroatoms. The van der Waals surface area contributed by atoms with E-state index in [0.717, 1.165) is 49.3 Å². The average Bonchev–Trinajstić information content (AvgIpc) is 3.37. The molecule has 3 N–H and O–H groups in total. The van der Waals surface area contributed by atoms with Gasteiger partial charge in [0.1, 0.15) is 11.6 Å². The molecule has 1 saturated carbocycles. The van der Waals surface area contributed by atoms with Crippen LogP contribution in [0.3, 0.4) is 0 Å². The van der Waals surface area contributed by atoms with Crippen LogP contribution < -0.4 is 10.6 Å². The first-order valence-corrected chi connectivity index (χ1v) is 12.0. The number of carbonyl (C=O) groups excluding carboxylic acids is 1. The first-order chi connectivity index (χ1) is 16.8. The Hall–Kier alpha value is -3.10. The van der Waals surface area contributed by atoms with Crippen molar-refractivity contribution in [3.05, 3.63) is 77.5 Å². The number of halogens is 2. The Morgan fingerprint density at radius 2 is 1.86 bits per heavy atom. The van der Waals surface area contributed by atoms with E-state index in [-0.39, 0.29) is 24.4 Å². The number of nitrogens with zero attached hydrogens (tertiary/aromatic N) is 1. The molecule has 2 atom stereocenters. The zero-order chi connectivity index (χ0) is 24.8. The molecular weight excluding hydrogens is 452 g/mol. The van der Waals surface area contributed by atoms with E-state index < -0.39 is 23.8 Å². The Balaban J connectivity index is 1.53. The number of aromatic nitrogens is 1. The predicted molar refractivity (Wildman–Crippen MR) is 128 cm³/mol. The van der Waals surface area contributed by atoms with E-state index in [1.165, 1.54) is 19.1 Å². The molecule has 1 amide bonds. The van der Waals surface area contributed by atoms with E-state index >= 15 is 0 Å². The molecule has 1 fully saturated rings. The van der Waals surface area contributed by atoms with Gasteiger partial charge >= 0.3 is 0 Å². The predicted octanol–water partition coefficient (Wildman–Crippen LogP) is 4.48. The average molecular weight is 484 g/mol. The summed E-state index contributed by atoms with van der Waals surface area (Å²) >= 11 is 0. The van der Waals surface area contributed by atoms with Gasteiger partial charge in [-0.15, -0.1) is 0 Å². The second-order valence-corrected chi connectivity index (χ2v) is 9.34. The molecule has 0 spiro atoms. The maximum absolute atomic E-state index is 13.7. The summed E-state index contributed by atoms with van der Waals surface area (Å²) < 4.78 is 32.7. The zero-order valence-corrected chi connectivity index (χ0v) is 19.8. The van der Waals surface area contributed by atoms with Gasteiger partial charge in [-0.2, -0.15) is 0 Å². The van der Waals surface area contributed by atoms with E-state index in [1.807, 2.05) is 18.2 Å². The first kappa shape index (κ1) is 25.0. The maximum atomic E-state index is 13.7.